The number of halogens is 1. The number of hydrogen-bond acceptors (Lipinski definition) is 7. The Kier molecular flexibility index (Phi) is 11.4. The van der Waals surface area contributed by atoms with E-state index in [-0.39, 0.29) is 17.2 Å². The molecule has 3 aliphatic carbocycles. The maximum Gasteiger partial charge on any atom is 0.329 e. The number of carboxylic acids is 1. The largest absolute Gasteiger partial charge is 0.494 e. The number of hydrogen-bond donors (Lipinski definition) is 3. The molecule has 4 aromatic rings. The van der Waals surface area contributed by atoms with Crippen molar-refractivity contribution in [3.8, 4) is 11.5 Å². The molecule has 3 aliphatic rings. The number of carbonyl (C=O) groups excluding carboxylic acids is 1. The Labute approximate surface area is 329 Å². The van der Waals surface area contributed by atoms with Crippen LogP contribution in [0.5, 0.6) is 11.5 Å². The van der Waals surface area contributed by atoms with Crippen LogP contribution in [0.4, 0.5) is 11.5 Å². The maximum absolute atomic E-state index is 13.0. The number of anilines is 2. The third-order valence-electron chi connectivity index (χ3n) is 12.4. The van der Waals surface area contributed by atoms with Gasteiger partial charge in [0.2, 0.25) is 5.91 Å². The van der Waals surface area contributed by atoms with Gasteiger partial charge < -0.3 is 25.2 Å². The molecular formula is C44H54ClN5O5. The second kappa shape index (κ2) is 16.3. The van der Waals surface area contributed by atoms with Gasteiger partial charge in [-0.05, 0) is 142 Å². The van der Waals surface area contributed by atoms with Gasteiger partial charge in [-0.15, -0.1) is 0 Å². The number of ether oxygens (including phenoxy) is 2. The van der Waals surface area contributed by atoms with Gasteiger partial charge in [0, 0.05) is 47.7 Å². The number of pyridine rings is 1. The number of benzene rings is 2. The summed E-state index contributed by atoms with van der Waals surface area (Å²) < 4.78 is 14.5. The number of aryl methyl sites for hydroxylation is 3. The lowest BCUT2D eigenvalue weighted by Gasteiger charge is -2.47. The molecule has 0 radical (unpaired) electrons. The topological polar surface area (TPSA) is 128 Å². The number of aliphatic carboxylic acids is 1. The molecule has 1 amide bonds. The predicted octanol–water partition coefficient (Wildman–Crippen LogP) is 9.04. The van der Waals surface area contributed by atoms with Crippen LogP contribution in [0.3, 0.4) is 0 Å². The first-order valence-corrected chi connectivity index (χ1v) is 20.3. The van der Waals surface area contributed by atoms with Gasteiger partial charge in [-0.2, -0.15) is 5.10 Å². The van der Waals surface area contributed by atoms with Crippen molar-refractivity contribution >= 4 is 35.0 Å². The van der Waals surface area contributed by atoms with E-state index < -0.39 is 11.5 Å². The molecule has 7 rings (SSSR count). The van der Waals surface area contributed by atoms with Crippen molar-refractivity contribution in [2.45, 2.75) is 108 Å². The van der Waals surface area contributed by atoms with E-state index >= 15 is 0 Å². The average Bonchev–Trinajstić information content (AvgIpc) is 3.63. The standard InChI is InChI=1S/C44H54ClN5O5/c1-28(27-55-38-15-20-46-37-11-5-8-29(2)41(37)38)22-32-24-31-13-14-35(54-21-7-12-40(51)47-39-23-30(3)49-50(39)4)26-36(31)43(32)16-18-44(19-17-43,42(52)53)48-34-10-6-9-33(45)25-34/h6,9-10,13-15,20,23,25-26,28-29,32,48H,5,7-8,11-12,16-19,21-22,24,27H2,1-4H3,(H,47,51)(H,52,53)/t28-,29-,32+,43?,44?/m1/s1. The fourth-order valence-corrected chi connectivity index (χ4v) is 9.71. The van der Waals surface area contributed by atoms with Crippen molar-refractivity contribution in [1.29, 1.82) is 0 Å². The number of carbonyl (C=O) groups is 2. The molecule has 1 spiro atoms. The molecule has 55 heavy (non-hydrogen) atoms. The molecule has 1 saturated carbocycles. The number of aromatic nitrogens is 3. The molecule has 2 aromatic carbocycles. The lowest BCUT2D eigenvalue weighted by Crippen LogP contribution is -2.53. The molecule has 0 bridgehead atoms. The Morgan fingerprint density at radius 1 is 1.09 bits per heavy atom. The molecule has 1 fully saturated rings. The monoisotopic (exact) mass is 767 g/mol. The number of carboxylic acid groups (broad SMARTS) is 1. The van der Waals surface area contributed by atoms with E-state index in [2.05, 4.69) is 46.7 Å². The normalized spacial score (nSPS) is 23.4. The van der Waals surface area contributed by atoms with Crippen LogP contribution in [-0.2, 0) is 34.9 Å². The summed E-state index contributed by atoms with van der Waals surface area (Å²) in [5.41, 5.74) is 5.28. The molecule has 10 nitrogen and oxygen atoms in total. The van der Waals surface area contributed by atoms with Crippen LogP contribution in [0, 0.1) is 18.8 Å². The summed E-state index contributed by atoms with van der Waals surface area (Å²) in [4.78, 5) is 30.3. The van der Waals surface area contributed by atoms with Gasteiger partial charge in [0.05, 0.1) is 18.9 Å². The Morgan fingerprint density at radius 2 is 1.91 bits per heavy atom. The minimum Gasteiger partial charge on any atom is -0.494 e. The molecular weight excluding hydrogens is 714 g/mol. The van der Waals surface area contributed by atoms with E-state index in [1.165, 1.54) is 28.8 Å². The van der Waals surface area contributed by atoms with Crippen LogP contribution < -0.4 is 20.1 Å². The Balaban J connectivity index is 1.07. The Hall–Kier alpha value is -4.57. The third kappa shape index (κ3) is 8.35. The predicted molar refractivity (Wildman–Crippen MR) is 215 cm³/mol. The van der Waals surface area contributed by atoms with E-state index in [1.54, 1.807) is 16.8 Å². The molecule has 3 N–H and O–H groups in total. The van der Waals surface area contributed by atoms with Crippen LogP contribution in [0.25, 0.3) is 0 Å². The lowest BCUT2D eigenvalue weighted by atomic mass is 9.59. The van der Waals surface area contributed by atoms with Gasteiger partial charge in [0.25, 0.3) is 0 Å². The summed E-state index contributed by atoms with van der Waals surface area (Å²) in [5.74, 6) is 2.55. The van der Waals surface area contributed by atoms with Crippen molar-refractivity contribution in [3.05, 3.63) is 93.9 Å². The maximum atomic E-state index is 13.0. The smallest absolute Gasteiger partial charge is 0.329 e. The summed E-state index contributed by atoms with van der Waals surface area (Å²) in [6.07, 6.45) is 10.4. The summed E-state index contributed by atoms with van der Waals surface area (Å²) in [5, 5.41) is 21.9. The highest BCUT2D eigenvalue weighted by molar-refractivity contribution is 6.30. The number of nitrogens with one attached hydrogen (secondary N) is 2. The molecule has 2 aromatic heterocycles. The van der Waals surface area contributed by atoms with E-state index in [9.17, 15) is 14.7 Å². The number of nitrogens with zero attached hydrogens (tertiary/aromatic N) is 3. The zero-order valence-electron chi connectivity index (χ0n) is 32.5. The van der Waals surface area contributed by atoms with E-state index in [1.807, 2.05) is 50.5 Å². The highest BCUT2D eigenvalue weighted by atomic mass is 35.5. The Bertz CT molecular complexity index is 2020. The molecule has 0 saturated heterocycles. The second-order valence-corrected chi connectivity index (χ2v) is 16.7. The molecule has 0 aliphatic heterocycles. The van der Waals surface area contributed by atoms with Crippen molar-refractivity contribution in [2.75, 3.05) is 23.8 Å². The second-order valence-electron chi connectivity index (χ2n) is 16.3. The Morgan fingerprint density at radius 3 is 2.65 bits per heavy atom. The number of rotatable bonds is 14. The minimum atomic E-state index is -1.10. The lowest BCUT2D eigenvalue weighted by molar-refractivity contribution is -0.144. The fourth-order valence-electron chi connectivity index (χ4n) is 9.52. The zero-order chi connectivity index (χ0) is 38.7. The highest BCUT2D eigenvalue weighted by Crippen LogP contribution is 2.57. The first kappa shape index (κ1) is 38.7. The summed E-state index contributed by atoms with van der Waals surface area (Å²) in [6.45, 7) is 7.47. The van der Waals surface area contributed by atoms with Crippen molar-refractivity contribution in [2.24, 2.45) is 18.9 Å². The van der Waals surface area contributed by atoms with Crippen LogP contribution in [0.1, 0.15) is 106 Å². The van der Waals surface area contributed by atoms with Gasteiger partial charge in [-0.25, -0.2) is 4.79 Å². The van der Waals surface area contributed by atoms with E-state index in [0.29, 0.717) is 67.3 Å². The van der Waals surface area contributed by atoms with E-state index in [0.717, 1.165) is 55.7 Å². The molecule has 2 heterocycles. The third-order valence-corrected chi connectivity index (χ3v) is 12.6. The van der Waals surface area contributed by atoms with Gasteiger partial charge in [-0.3, -0.25) is 14.5 Å². The van der Waals surface area contributed by atoms with Crippen LogP contribution in [0.15, 0.2) is 60.8 Å². The summed E-state index contributed by atoms with van der Waals surface area (Å²) >= 11 is 6.30. The first-order chi connectivity index (χ1) is 26.4. The molecule has 292 valence electrons. The molecule has 3 atom stereocenters. The highest BCUT2D eigenvalue weighted by Gasteiger charge is 2.54. The van der Waals surface area contributed by atoms with Gasteiger partial charge >= 0.3 is 5.97 Å². The SMILES string of the molecule is Cc1cc(NC(=O)CCCOc2ccc3c(c2)C2(CCC(Nc4cccc(Cl)c4)(C(=O)O)CC2)[C@@H](C[C@@H](C)COc2ccnc4c2[C@H](C)CCC4)C3)n(C)n1. The quantitative estimate of drug-likeness (QED) is 0.109. The van der Waals surface area contributed by atoms with Gasteiger partial charge in [0.1, 0.15) is 22.9 Å². The minimum absolute atomic E-state index is 0.0747. The number of fused-ring (bicyclic) bond motifs is 3. The van der Waals surface area contributed by atoms with Crippen molar-refractivity contribution in [1.82, 2.24) is 14.8 Å². The summed E-state index contributed by atoms with van der Waals surface area (Å²) in [7, 11) is 1.81. The van der Waals surface area contributed by atoms with Crippen LogP contribution in [-0.4, -0.2) is 50.5 Å². The molecule has 11 heteroatoms. The van der Waals surface area contributed by atoms with Gasteiger partial charge in [-0.1, -0.05) is 37.6 Å². The average molecular weight is 768 g/mol. The first-order valence-electron chi connectivity index (χ1n) is 19.9. The fraction of sp³-hybridized carbons (Fsp3) is 0.500. The summed E-state index contributed by atoms with van der Waals surface area (Å²) in [6, 6.07) is 17.6. The zero-order valence-corrected chi connectivity index (χ0v) is 33.3. The van der Waals surface area contributed by atoms with Crippen molar-refractivity contribution in [3.63, 3.8) is 0 Å². The van der Waals surface area contributed by atoms with Crippen LogP contribution in [0.2, 0.25) is 5.02 Å². The van der Waals surface area contributed by atoms with E-state index in [4.69, 9.17) is 21.1 Å². The number of amides is 1. The molecule has 0 unspecified atom stereocenters. The van der Waals surface area contributed by atoms with Crippen LogP contribution >= 0.6 is 11.6 Å². The van der Waals surface area contributed by atoms with Crippen molar-refractivity contribution < 1.29 is 24.2 Å². The van der Waals surface area contributed by atoms with Gasteiger partial charge in [0.15, 0.2) is 0 Å².